The van der Waals surface area contributed by atoms with Crippen molar-refractivity contribution in [2.24, 2.45) is 0 Å². The summed E-state index contributed by atoms with van der Waals surface area (Å²) in [4.78, 5) is 10.6. The maximum absolute atomic E-state index is 10.6. The summed E-state index contributed by atoms with van der Waals surface area (Å²) in [6.07, 6.45) is -1.46. The minimum Gasteiger partial charge on any atom is -0.479 e. The summed E-state index contributed by atoms with van der Waals surface area (Å²) in [6.45, 7) is 0.773. The Bertz CT molecular complexity index is 364. The van der Waals surface area contributed by atoms with E-state index in [0.29, 0.717) is 6.61 Å². The highest BCUT2D eigenvalue weighted by molar-refractivity contribution is 5.72. The van der Waals surface area contributed by atoms with Crippen molar-refractivity contribution in [1.29, 1.82) is 0 Å². The van der Waals surface area contributed by atoms with Crippen LogP contribution in [0.25, 0.3) is 0 Å². The van der Waals surface area contributed by atoms with E-state index in [-0.39, 0.29) is 13.2 Å². The van der Waals surface area contributed by atoms with Crippen molar-refractivity contribution in [3.8, 4) is 0 Å². The molecule has 0 radical (unpaired) electrons. The predicted molar refractivity (Wildman–Crippen MR) is 58.3 cm³/mol. The Labute approximate surface area is 98.9 Å². The summed E-state index contributed by atoms with van der Waals surface area (Å²) < 4.78 is 15.6. The van der Waals surface area contributed by atoms with Crippen molar-refractivity contribution in [2.45, 2.75) is 19.0 Å². The van der Waals surface area contributed by atoms with Gasteiger partial charge in [-0.05, 0) is 5.56 Å². The van der Waals surface area contributed by atoms with Crippen LogP contribution in [0.4, 0.5) is 0 Å². The van der Waals surface area contributed by atoms with Gasteiger partial charge in [-0.3, -0.25) is 0 Å². The lowest BCUT2D eigenvalue weighted by Crippen LogP contribution is -2.24. The third-order valence-electron chi connectivity index (χ3n) is 2.39. The molecule has 0 bridgehead atoms. The minimum atomic E-state index is -1.00. The summed E-state index contributed by atoms with van der Waals surface area (Å²) in [6, 6.07) is 9.71. The number of carbonyl (C=O) groups is 1. The Morgan fingerprint density at radius 2 is 2.18 bits per heavy atom. The number of ether oxygens (including phenoxy) is 3. The van der Waals surface area contributed by atoms with Gasteiger partial charge in [0.1, 0.15) is 0 Å². The van der Waals surface area contributed by atoms with Gasteiger partial charge in [0.05, 0.1) is 19.8 Å². The first kappa shape index (κ1) is 12.0. The normalized spacial score (nSPS) is 23.8. The highest BCUT2D eigenvalue weighted by Gasteiger charge is 2.31. The fourth-order valence-electron chi connectivity index (χ4n) is 1.52. The van der Waals surface area contributed by atoms with Crippen LogP contribution in [0.15, 0.2) is 30.3 Å². The van der Waals surface area contributed by atoms with E-state index in [0.717, 1.165) is 5.56 Å². The highest BCUT2D eigenvalue weighted by Crippen LogP contribution is 2.12. The number of carboxylic acid groups (broad SMARTS) is 1. The Morgan fingerprint density at radius 3 is 2.82 bits per heavy atom. The fraction of sp³-hybridized carbons (Fsp3) is 0.417. The quantitative estimate of drug-likeness (QED) is 0.830. The minimum absolute atomic E-state index is 0.0781. The van der Waals surface area contributed by atoms with Gasteiger partial charge >= 0.3 is 5.97 Å². The molecule has 1 aromatic carbocycles. The Balaban J connectivity index is 1.68. The molecule has 0 aliphatic carbocycles. The van der Waals surface area contributed by atoms with Gasteiger partial charge in [-0.2, -0.15) is 0 Å². The Kier molecular flexibility index (Phi) is 4.08. The van der Waals surface area contributed by atoms with E-state index in [4.69, 9.17) is 19.3 Å². The van der Waals surface area contributed by atoms with E-state index in [1.54, 1.807) is 0 Å². The maximum atomic E-state index is 10.6. The molecular weight excluding hydrogens is 224 g/mol. The first-order valence-electron chi connectivity index (χ1n) is 5.37. The van der Waals surface area contributed by atoms with Crippen molar-refractivity contribution in [2.75, 3.05) is 13.2 Å². The lowest BCUT2D eigenvalue weighted by Gasteiger charge is -2.10. The van der Waals surface area contributed by atoms with Crippen molar-refractivity contribution >= 4 is 5.97 Å². The van der Waals surface area contributed by atoms with Crippen molar-refractivity contribution in [3.63, 3.8) is 0 Å². The average molecular weight is 238 g/mol. The van der Waals surface area contributed by atoms with Crippen LogP contribution in [0, 0.1) is 0 Å². The van der Waals surface area contributed by atoms with Crippen LogP contribution in [-0.2, 0) is 25.6 Å². The second-order valence-electron chi connectivity index (χ2n) is 3.73. The standard InChI is InChI=1S/C12H14O5/c13-12(14)10-7-16-11(17-10)8-15-6-9-4-2-1-3-5-9/h1-5,10-11H,6-8H2,(H,13,14)/t10-,11+/m0/s1. The molecule has 5 nitrogen and oxygen atoms in total. The van der Waals surface area contributed by atoms with Crippen LogP contribution >= 0.6 is 0 Å². The second-order valence-corrected chi connectivity index (χ2v) is 3.73. The van der Waals surface area contributed by atoms with E-state index < -0.39 is 18.4 Å². The summed E-state index contributed by atoms with van der Waals surface area (Å²) in [5.74, 6) is -1.00. The fourth-order valence-corrected chi connectivity index (χ4v) is 1.52. The lowest BCUT2D eigenvalue weighted by atomic mass is 10.2. The molecule has 1 heterocycles. The first-order chi connectivity index (χ1) is 8.25. The van der Waals surface area contributed by atoms with E-state index in [1.807, 2.05) is 30.3 Å². The van der Waals surface area contributed by atoms with Gasteiger partial charge in [0.25, 0.3) is 0 Å². The number of hydrogen-bond donors (Lipinski definition) is 1. The third-order valence-corrected chi connectivity index (χ3v) is 2.39. The molecule has 5 heteroatoms. The molecule has 1 fully saturated rings. The molecule has 0 unspecified atom stereocenters. The molecule has 1 saturated heterocycles. The van der Waals surface area contributed by atoms with E-state index in [2.05, 4.69) is 0 Å². The molecule has 1 aliphatic heterocycles. The van der Waals surface area contributed by atoms with Gasteiger partial charge in [-0.25, -0.2) is 4.79 Å². The smallest absolute Gasteiger partial charge is 0.335 e. The Hall–Kier alpha value is -1.43. The summed E-state index contributed by atoms with van der Waals surface area (Å²) in [7, 11) is 0. The molecule has 1 aliphatic rings. The highest BCUT2D eigenvalue weighted by atomic mass is 16.7. The molecule has 0 saturated carbocycles. The molecule has 2 rings (SSSR count). The number of benzene rings is 1. The molecule has 1 aromatic rings. The number of carboxylic acids is 1. The molecule has 0 aromatic heterocycles. The number of aliphatic carboxylic acids is 1. The van der Waals surface area contributed by atoms with Crippen LogP contribution in [0.2, 0.25) is 0 Å². The van der Waals surface area contributed by atoms with Crippen LogP contribution < -0.4 is 0 Å². The zero-order valence-electron chi connectivity index (χ0n) is 9.24. The third kappa shape index (κ3) is 3.52. The molecule has 0 amide bonds. The zero-order chi connectivity index (χ0) is 12.1. The molecule has 92 valence electrons. The van der Waals surface area contributed by atoms with Crippen LogP contribution in [0.5, 0.6) is 0 Å². The number of hydrogen-bond acceptors (Lipinski definition) is 4. The first-order valence-corrected chi connectivity index (χ1v) is 5.37. The maximum Gasteiger partial charge on any atom is 0.335 e. The SMILES string of the molecule is O=C(O)[C@@H]1CO[C@@H](COCc2ccccc2)O1. The summed E-state index contributed by atoms with van der Waals surface area (Å²) in [5, 5.41) is 8.69. The van der Waals surface area contributed by atoms with Gasteiger partial charge in [-0.15, -0.1) is 0 Å². The predicted octanol–water partition coefficient (Wildman–Crippen LogP) is 1.03. The Morgan fingerprint density at radius 1 is 1.41 bits per heavy atom. The van der Waals surface area contributed by atoms with Crippen LogP contribution in [0.1, 0.15) is 5.56 Å². The van der Waals surface area contributed by atoms with Gasteiger partial charge in [-0.1, -0.05) is 30.3 Å². The average Bonchev–Trinajstić information content (AvgIpc) is 2.79. The van der Waals surface area contributed by atoms with Crippen molar-refractivity contribution < 1.29 is 24.1 Å². The molecule has 0 spiro atoms. The summed E-state index contributed by atoms with van der Waals surface area (Å²) >= 11 is 0. The largest absolute Gasteiger partial charge is 0.479 e. The summed E-state index contributed by atoms with van der Waals surface area (Å²) in [5.41, 5.74) is 1.06. The van der Waals surface area contributed by atoms with E-state index in [9.17, 15) is 4.79 Å². The van der Waals surface area contributed by atoms with Gasteiger partial charge < -0.3 is 19.3 Å². The monoisotopic (exact) mass is 238 g/mol. The zero-order valence-corrected chi connectivity index (χ0v) is 9.24. The van der Waals surface area contributed by atoms with Crippen molar-refractivity contribution in [1.82, 2.24) is 0 Å². The molecular formula is C12H14O5. The van der Waals surface area contributed by atoms with Gasteiger partial charge in [0, 0.05) is 0 Å². The van der Waals surface area contributed by atoms with Gasteiger partial charge in [0.15, 0.2) is 12.4 Å². The molecule has 17 heavy (non-hydrogen) atoms. The second kappa shape index (κ2) is 5.77. The van der Waals surface area contributed by atoms with Gasteiger partial charge in [0.2, 0.25) is 0 Å². The van der Waals surface area contributed by atoms with E-state index >= 15 is 0 Å². The topological polar surface area (TPSA) is 65.0 Å². The molecule has 2 atom stereocenters. The lowest BCUT2D eigenvalue weighted by molar-refractivity contribution is -0.154. The van der Waals surface area contributed by atoms with Crippen LogP contribution in [0.3, 0.4) is 0 Å². The molecule has 1 N–H and O–H groups in total. The van der Waals surface area contributed by atoms with Crippen molar-refractivity contribution in [3.05, 3.63) is 35.9 Å². The number of rotatable bonds is 5. The van der Waals surface area contributed by atoms with E-state index in [1.165, 1.54) is 0 Å². The van der Waals surface area contributed by atoms with Crippen LogP contribution in [-0.4, -0.2) is 36.7 Å².